The summed E-state index contributed by atoms with van der Waals surface area (Å²) >= 11 is 0. The van der Waals surface area contributed by atoms with E-state index in [0.717, 1.165) is 19.3 Å². The lowest BCUT2D eigenvalue weighted by Crippen LogP contribution is -2.41. The number of ketones is 1. The third-order valence-electron chi connectivity index (χ3n) is 4.33. The molecule has 1 nitrogen and oxygen atoms in total. The second-order valence-corrected chi connectivity index (χ2v) is 5.27. The van der Waals surface area contributed by atoms with E-state index in [1.807, 2.05) is 6.92 Å². The molecule has 0 bridgehead atoms. The van der Waals surface area contributed by atoms with Crippen LogP contribution in [0.1, 0.15) is 33.1 Å². The first-order valence-corrected chi connectivity index (χ1v) is 5.76. The standard InChI is InChI=1S/C14H18O/c1-4-11-5-7-14(3)8-6-13(15)10(2)12(14)9-11/h1,6,8,10-12H,5,7,9H2,2-3H3/t10-,11+,12+,14-/m0/s1. The molecule has 0 saturated heterocycles. The zero-order valence-corrected chi connectivity index (χ0v) is 9.49. The Bertz CT molecular complexity index is 347. The Morgan fingerprint density at radius 2 is 2.33 bits per heavy atom. The minimum Gasteiger partial charge on any atom is -0.295 e. The minimum absolute atomic E-state index is 0.149. The predicted octanol–water partition coefficient (Wildman–Crippen LogP) is 2.82. The van der Waals surface area contributed by atoms with Crippen molar-refractivity contribution in [3.63, 3.8) is 0 Å². The van der Waals surface area contributed by atoms with E-state index < -0.39 is 0 Å². The quantitative estimate of drug-likeness (QED) is 0.552. The molecule has 0 aromatic heterocycles. The zero-order valence-electron chi connectivity index (χ0n) is 9.49. The Balaban J connectivity index is 2.28. The van der Waals surface area contributed by atoms with Gasteiger partial charge in [0.05, 0.1) is 0 Å². The fraction of sp³-hybridized carbons (Fsp3) is 0.643. The van der Waals surface area contributed by atoms with Crippen molar-refractivity contribution in [3.05, 3.63) is 12.2 Å². The Labute approximate surface area is 91.9 Å². The Morgan fingerprint density at radius 1 is 1.60 bits per heavy atom. The van der Waals surface area contributed by atoms with E-state index in [4.69, 9.17) is 6.42 Å². The fourth-order valence-corrected chi connectivity index (χ4v) is 3.12. The molecule has 0 heterocycles. The molecule has 0 aliphatic heterocycles. The third kappa shape index (κ3) is 1.63. The van der Waals surface area contributed by atoms with Crippen LogP contribution in [0.5, 0.6) is 0 Å². The van der Waals surface area contributed by atoms with E-state index in [1.54, 1.807) is 6.08 Å². The van der Waals surface area contributed by atoms with Crippen LogP contribution in [0.4, 0.5) is 0 Å². The van der Waals surface area contributed by atoms with Crippen LogP contribution < -0.4 is 0 Å². The van der Waals surface area contributed by atoms with Gasteiger partial charge in [-0.3, -0.25) is 4.79 Å². The van der Waals surface area contributed by atoms with Crippen LogP contribution in [0, 0.1) is 35.5 Å². The lowest BCUT2D eigenvalue weighted by molar-refractivity contribution is -0.122. The van der Waals surface area contributed by atoms with E-state index in [1.165, 1.54) is 0 Å². The summed E-state index contributed by atoms with van der Waals surface area (Å²) in [4.78, 5) is 11.6. The topological polar surface area (TPSA) is 17.1 Å². The highest BCUT2D eigenvalue weighted by Gasteiger charge is 2.44. The molecule has 80 valence electrons. The predicted molar refractivity (Wildman–Crippen MR) is 61.1 cm³/mol. The lowest BCUT2D eigenvalue weighted by Gasteiger charge is -2.46. The van der Waals surface area contributed by atoms with Crippen LogP contribution in [0.25, 0.3) is 0 Å². The van der Waals surface area contributed by atoms with E-state index in [2.05, 4.69) is 18.9 Å². The summed E-state index contributed by atoms with van der Waals surface area (Å²) in [5, 5.41) is 0. The van der Waals surface area contributed by atoms with Gasteiger partial charge in [0.1, 0.15) is 0 Å². The van der Waals surface area contributed by atoms with E-state index >= 15 is 0 Å². The number of fused-ring (bicyclic) bond motifs is 1. The average Bonchev–Trinajstić information content (AvgIpc) is 2.24. The maximum atomic E-state index is 11.6. The largest absolute Gasteiger partial charge is 0.295 e. The number of rotatable bonds is 0. The highest BCUT2D eigenvalue weighted by Crippen LogP contribution is 2.49. The van der Waals surface area contributed by atoms with Gasteiger partial charge in [-0.2, -0.15) is 0 Å². The molecule has 15 heavy (non-hydrogen) atoms. The van der Waals surface area contributed by atoms with E-state index in [9.17, 15) is 4.79 Å². The average molecular weight is 202 g/mol. The highest BCUT2D eigenvalue weighted by molar-refractivity contribution is 5.92. The van der Waals surface area contributed by atoms with Gasteiger partial charge in [-0.25, -0.2) is 0 Å². The molecule has 0 spiro atoms. The maximum Gasteiger partial charge on any atom is 0.158 e. The molecule has 1 saturated carbocycles. The molecule has 2 rings (SSSR count). The summed E-state index contributed by atoms with van der Waals surface area (Å²) in [5.41, 5.74) is 0.209. The zero-order chi connectivity index (χ0) is 11.1. The Morgan fingerprint density at radius 3 is 3.00 bits per heavy atom. The Hall–Kier alpha value is -1.03. The van der Waals surface area contributed by atoms with Gasteiger partial charge in [0.2, 0.25) is 0 Å². The fourth-order valence-electron chi connectivity index (χ4n) is 3.12. The van der Waals surface area contributed by atoms with Crippen molar-refractivity contribution in [2.75, 3.05) is 0 Å². The minimum atomic E-state index is 0.149. The maximum absolute atomic E-state index is 11.6. The van der Waals surface area contributed by atoms with E-state index in [-0.39, 0.29) is 17.1 Å². The molecule has 0 aromatic carbocycles. The molecule has 0 N–H and O–H groups in total. The SMILES string of the molecule is C#C[C@@H]1CC[C@@]2(C)C=CC(=O)[C@@H](C)[C@H]2C1. The monoisotopic (exact) mass is 202 g/mol. The first kappa shape index (κ1) is 10.5. The molecular formula is C14H18O. The summed E-state index contributed by atoms with van der Waals surface area (Å²) < 4.78 is 0. The summed E-state index contributed by atoms with van der Waals surface area (Å²) in [5.74, 6) is 4.11. The molecule has 0 radical (unpaired) electrons. The molecule has 0 aromatic rings. The van der Waals surface area contributed by atoms with Crippen LogP contribution in [0.15, 0.2) is 12.2 Å². The van der Waals surface area contributed by atoms with Crippen LogP contribution in [0.2, 0.25) is 0 Å². The van der Waals surface area contributed by atoms with Crippen molar-refractivity contribution in [3.8, 4) is 12.3 Å². The van der Waals surface area contributed by atoms with Crippen molar-refractivity contribution in [2.45, 2.75) is 33.1 Å². The molecule has 1 fully saturated rings. The van der Waals surface area contributed by atoms with Crippen molar-refractivity contribution in [2.24, 2.45) is 23.2 Å². The van der Waals surface area contributed by atoms with Gasteiger partial charge in [0.25, 0.3) is 0 Å². The van der Waals surface area contributed by atoms with Gasteiger partial charge in [-0.1, -0.05) is 19.9 Å². The molecule has 0 amide bonds. The molecular weight excluding hydrogens is 184 g/mol. The highest BCUT2D eigenvalue weighted by atomic mass is 16.1. The van der Waals surface area contributed by atoms with Crippen LogP contribution >= 0.6 is 0 Å². The number of carbonyl (C=O) groups excluding carboxylic acids is 1. The molecule has 4 atom stereocenters. The van der Waals surface area contributed by atoms with Gasteiger partial charge >= 0.3 is 0 Å². The number of hydrogen-bond acceptors (Lipinski definition) is 1. The van der Waals surface area contributed by atoms with Crippen LogP contribution in [-0.2, 0) is 4.79 Å². The normalized spacial score (nSPS) is 44.6. The van der Waals surface area contributed by atoms with Gasteiger partial charge < -0.3 is 0 Å². The molecule has 2 aliphatic carbocycles. The van der Waals surface area contributed by atoms with Crippen molar-refractivity contribution in [1.82, 2.24) is 0 Å². The number of terminal acetylenes is 1. The Kier molecular flexibility index (Phi) is 2.46. The van der Waals surface area contributed by atoms with Gasteiger partial charge in [-0.05, 0) is 36.7 Å². The first-order chi connectivity index (χ1) is 7.07. The number of hydrogen-bond donors (Lipinski definition) is 0. The van der Waals surface area contributed by atoms with Crippen molar-refractivity contribution < 1.29 is 4.79 Å². The van der Waals surface area contributed by atoms with E-state index in [0.29, 0.717) is 11.8 Å². The molecule has 0 unspecified atom stereocenters. The van der Waals surface area contributed by atoms with Gasteiger partial charge in [0.15, 0.2) is 5.78 Å². The van der Waals surface area contributed by atoms with Gasteiger partial charge in [-0.15, -0.1) is 12.3 Å². The first-order valence-electron chi connectivity index (χ1n) is 5.76. The second kappa shape index (κ2) is 3.52. The van der Waals surface area contributed by atoms with Crippen molar-refractivity contribution in [1.29, 1.82) is 0 Å². The summed E-state index contributed by atoms with van der Waals surface area (Å²) in [6.45, 7) is 4.32. The molecule has 2 aliphatic rings. The lowest BCUT2D eigenvalue weighted by atomic mass is 9.57. The van der Waals surface area contributed by atoms with Crippen molar-refractivity contribution >= 4 is 5.78 Å². The van der Waals surface area contributed by atoms with Crippen LogP contribution in [0.3, 0.4) is 0 Å². The number of carbonyl (C=O) groups is 1. The molecule has 1 heteroatoms. The van der Waals surface area contributed by atoms with Gasteiger partial charge in [0, 0.05) is 11.8 Å². The second-order valence-electron chi connectivity index (χ2n) is 5.27. The third-order valence-corrected chi connectivity index (χ3v) is 4.33. The van der Waals surface area contributed by atoms with Crippen LogP contribution in [-0.4, -0.2) is 5.78 Å². The summed E-state index contributed by atoms with van der Waals surface area (Å²) in [7, 11) is 0. The number of allylic oxidation sites excluding steroid dienone is 2. The summed E-state index contributed by atoms with van der Waals surface area (Å²) in [6.07, 6.45) is 12.6. The smallest absolute Gasteiger partial charge is 0.158 e. The summed E-state index contributed by atoms with van der Waals surface area (Å²) in [6, 6.07) is 0.